The summed E-state index contributed by atoms with van der Waals surface area (Å²) in [4.78, 5) is 13.2. The smallest absolute Gasteiger partial charge is 0.161 e. The van der Waals surface area contributed by atoms with Gasteiger partial charge < -0.3 is 0 Å². The lowest BCUT2D eigenvalue weighted by Crippen LogP contribution is -1.92. The van der Waals surface area contributed by atoms with E-state index in [-0.39, 0.29) is 0 Å². The van der Waals surface area contributed by atoms with Gasteiger partial charge in [-0.1, -0.05) is 36.4 Å². The second kappa shape index (κ2) is 4.38. The van der Waals surface area contributed by atoms with Crippen LogP contribution in [0.5, 0.6) is 0 Å². The highest BCUT2D eigenvalue weighted by Crippen LogP contribution is 2.25. The van der Waals surface area contributed by atoms with Gasteiger partial charge in [-0.25, -0.2) is 15.0 Å². The van der Waals surface area contributed by atoms with Crippen LogP contribution in [-0.4, -0.2) is 15.0 Å². The Bertz CT molecular complexity index is 910. The molecule has 2 radical (unpaired) electrons. The Kier molecular flexibility index (Phi) is 2.42. The van der Waals surface area contributed by atoms with E-state index in [4.69, 9.17) is 0 Å². The summed E-state index contributed by atoms with van der Waals surface area (Å²) in [6.07, 6.45) is 5.94. The summed E-state index contributed by atoms with van der Waals surface area (Å²) < 4.78 is 0. The number of fused-ring (bicyclic) bond motifs is 2. The monoisotopic (exact) mass is 255 g/mol. The van der Waals surface area contributed by atoms with Gasteiger partial charge in [-0.15, -0.1) is 0 Å². The van der Waals surface area contributed by atoms with Crippen LogP contribution in [0.1, 0.15) is 0 Å². The average Bonchev–Trinajstić information content (AvgIpc) is 2.54. The van der Waals surface area contributed by atoms with Crippen molar-refractivity contribution in [3.63, 3.8) is 0 Å². The van der Waals surface area contributed by atoms with E-state index in [0.29, 0.717) is 5.82 Å². The third-order valence-electron chi connectivity index (χ3n) is 3.24. The number of hydrogen-bond acceptors (Lipinski definition) is 3. The van der Waals surface area contributed by atoms with Crippen molar-refractivity contribution in [2.45, 2.75) is 0 Å². The number of hydrogen-bond donors (Lipinski definition) is 0. The van der Waals surface area contributed by atoms with Gasteiger partial charge in [0.1, 0.15) is 6.20 Å². The molecule has 3 heteroatoms. The highest BCUT2D eigenvalue weighted by Gasteiger charge is 2.08. The lowest BCUT2D eigenvalue weighted by molar-refractivity contribution is 1.22. The van der Waals surface area contributed by atoms with Crippen molar-refractivity contribution in [2.75, 3.05) is 0 Å². The molecule has 4 aromatic rings. The van der Waals surface area contributed by atoms with Crippen LogP contribution in [0.25, 0.3) is 33.2 Å². The fraction of sp³-hybridized carbons (Fsp3) is 0. The molecule has 0 N–H and O–H groups in total. The number of para-hydroxylation sites is 2. The van der Waals surface area contributed by atoms with Gasteiger partial charge in [0.15, 0.2) is 5.82 Å². The molecule has 0 bridgehead atoms. The van der Waals surface area contributed by atoms with Gasteiger partial charge >= 0.3 is 0 Å². The lowest BCUT2D eigenvalue weighted by atomic mass is 10.1. The summed E-state index contributed by atoms with van der Waals surface area (Å²) >= 11 is 0. The van der Waals surface area contributed by atoms with Gasteiger partial charge in [-0.2, -0.15) is 0 Å². The molecule has 0 fully saturated rings. The predicted molar refractivity (Wildman–Crippen MR) is 77.9 cm³/mol. The van der Waals surface area contributed by atoms with Crippen molar-refractivity contribution >= 4 is 21.8 Å². The van der Waals surface area contributed by atoms with E-state index < -0.39 is 0 Å². The highest BCUT2D eigenvalue weighted by molar-refractivity contribution is 5.93. The van der Waals surface area contributed by atoms with E-state index in [1.165, 1.54) is 0 Å². The summed E-state index contributed by atoms with van der Waals surface area (Å²) in [5, 5.41) is 1.94. The molecule has 0 aliphatic carbocycles. The van der Waals surface area contributed by atoms with Gasteiger partial charge in [-0.05, 0) is 18.2 Å². The molecule has 3 nitrogen and oxygen atoms in total. The topological polar surface area (TPSA) is 38.7 Å². The average molecular weight is 255 g/mol. The SMILES string of the molecule is [c]1cc(-c2n[c]c3ccccc3n2)c2ccccc2n1. The van der Waals surface area contributed by atoms with Crippen molar-refractivity contribution in [3.05, 3.63) is 67.0 Å². The Morgan fingerprint density at radius 3 is 2.55 bits per heavy atom. The standard InChI is InChI=1S/C17H9N3/c1-3-7-15-12(5-1)11-19-17(20-15)14-9-10-18-16-8-4-2-6-13(14)16/h1-9H. The quantitative estimate of drug-likeness (QED) is 0.523. The Hall–Kier alpha value is -2.81. The molecule has 2 heterocycles. The minimum absolute atomic E-state index is 0.651. The number of pyridine rings is 1. The first-order chi connectivity index (χ1) is 9.92. The molecule has 92 valence electrons. The first-order valence-corrected chi connectivity index (χ1v) is 6.32. The molecule has 0 aliphatic rings. The number of benzene rings is 2. The van der Waals surface area contributed by atoms with E-state index in [2.05, 4.69) is 27.3 Å². The molecule has 0 amide bonds. The van der Waals surface area contributed by atoms with Gasteiger partial charge in [0, 0.05) is 16.3 Å². The fourth-order valence-electron chi connectivity index (χ4n) is 2.27. The predicted octanol–water partition coefficient (Wildman–Crippen LogP) is 3.45. The number of rotatable bonds is 1. The summed E-state index contributed by atoms with van der Waals surface area (Å²) in [6.45, 7) is 0. The molecule has 0 saturated heterocycles. The second-order valence-corrected chi connectivity index (χ2v) is 4.49. The van der Waals surface area contributed by atoms with E-state index in [1.54, 1.807) is 0 Å². The zero-order valence-corrected chi connectivity index (χ0v) is 10.5. The molecular formula is C17H9N3. The Morgan fingerprint density at radius 2 is 1.60 bits per heavy atom. The van der Waals surface area contributed by atoms with Crippen LogP contribution in [-0.2, 0) is 0 Å². The summed E-state index contributed by atoms with van der Waals surface area (Å²) in [7, 11) is 0. The molecule has 2 aromatic carbocycles. The lowest BCUT2D eigenvalue weighted by Gasteiger charge is -2.05. The summed E-state index contributed by atoms with van der Waals surface area (Å²) in [5.74, 6) is 0.651. The molecule has 0 saturated carbocycles. The largest absolute Gasteiger partial charge is 0.246 e. The van der Waals surface area contributed by atoms with E-state index in [9.17, 15) is 0 Å². The Labute approximate surface area is 116 Å². The van der Waals surface area contributed by atoms with Crippen molar-refractivity contribution in [3.8, 4) is 11.4 Å². The van der Waals surface area contributed by atoms with Crippen LogP contribution in [0.3, 0.4) is 0 Å². The van der Waals surface area contributed by atoms with E-state index in [0.717, 1.165) is 27.4 Å². The molecule has 2 aromatic heterocycles. The zero-order valence-electron chi connectivity index (χ0n) is 10.5. The molecule has 0 aliphatic heterocycles. The molecule has 0 unspecified atom stereocenters. The zero-order chi connectivity index (χ0) is 13.4. The van der Waals surface area contributed by atoms with Crippen LogP contribution >= 0.6 is 0 Å². The Morgan fingerprint density at radius 1 is 0.800 bits per heavy atom. The van der Waals surface area contributed by atoms with Crippen molar-refractivity contribution in [1.82, 2.24) is 15.0 Å². The van der Waals surface area contributed by atoms with Gasteiger partial charge in [0.2, 0.25) is 0 Å². The van der Waals surface area contributed by atoms with Gasteiger partial charge in [-0.3, -0.25) is 0 Å². The van der Waals surface area contributed by atoms with Gasteiger partial charge in [0.05, 0.1) is 17.2 Å². The minimum Gasteiger partial charge on any atom is -0.246 e. The maximum atomic E-state index is 4.61. The normalized spacial score (nSPS) is 11.0. The molecule has 20 heavy (non-hydrogen) atoms. The molecular weight excluding hydrogens is 246 g/mol. The first-order valence-electron chi connectivity index (χ1n) is 6.32. The summed E-state index contributed by atoms with van der Waals surface area (Å²) in [5.41, 5.74) is 2.71. The summed E-state index contributed by atoms with van der Waals surface area (Å²) in [6, 6.07) is 17.6. The number of aromatic nitrogens is 3. The van der Waals surface area contributed by atoms with Crippen molar-refractivity contribution in [2.24, 2.45) is 0 Å². The minimum atomic E-state index is 0.651. The highest BCUT2D eigenvalue weighted by atomic mass is 14.9. The van der Waals surface area contributed by atoms with Crippen LogP contribution < -0.4 is 0 Å². The van der Waals surface area contributed by atoms with Crippen molar-refractivity contribution in [1.29, 1.82) is 0 Å². The van der Waals surface area contributed by atoms with Crippen LogP contribution in [0, 0.1) is 12.4 Å². The maximum Gasteiger partial charge on any atom is 0.161 e. The fourth-order valence-corrected chi connectivity index (χ4v) is 2.27. The van der Waals surface area contributed by atoms with Crippen LogP contribution in [0.15, 0.2) is 54.6 Å². The third kappa shape index (κ3) is 1.72. The molecule has 4 rings (SSSR count). The van der Waals surface area contributed by atoms with Gasteiger partial charge in [0.25, 0.3) is 0 Å². The molecule has 0 atom stereocenters. The molecule has 0 spiro atoms. The third-order valence-corrected chi connectivity index (χ3v) is 3.24. The van der Waals surface area contributed by atoms with Crippen LogP contribution in [0.2, 0.25) is 0 Å². The van der Waals surface area contributed by atoms with Crippen molar-refractivity contribution < 1.29 is 0 Å². The maximum absolute atomic E-state index is 4.61. The van der Waals surface area contributed by atoms with E-state index >= 15 is 0 Å². The number of nitrogens with zero attached hydrogens (tertiary/aromatic N) is 3. The second-order valence-electron chi connectivity index (χ2n) is 4.49. The Balaban J connectivity index is 2.01. The van der Waals surface area contributed by atoms with Crippen LogP contribution in [0.4, 0.5) is 0 Å². The van der Waals surface area contributed by atoms with E-state index in [1.807, 2.05) is 54.6 Å². The first kappa shape index (κ1) is 11.1.